The molecule has 1 aliphatic carbocycles. The Labute approximate surface area is 134 Å². The van der Waals surface area contributed by atoms with Gasteiger partial charge in [-0.05, 0) is 44.6 Å². The number of halogens is 1. The number of nitrogens with two attached hydrogens (primary N) is 1. The normalized spacial score (nSPS) is 20.9. The summed E-state index contributed by atoms with van der Waals surface area (Å²) in [4.78, 5) is 11.9. The average molecular weight is 311 g/mol. The lowest BCUT2D eigenvalue weighted by atomic mass is 10.00. The molecule has 1 aromatic rings. The van der Waals surface area contributed by atoms with Gasteiger partial charge in [0.05, 0.1) is 0 Å². The number of hydrogen-bond acceptors (Lipinski definition) is 2. The smallest absolute Gasteiger partial charge is 0.220 e. The van der Waals surface area contributed by atoms with Gasteiger partial charge in [-0.15, -0.1) is 12.4 Å². The van der Waals surface area contributed by atoms with Crippen LogP contribution in [0.25, 0.3) is 0 Å². The molecule has 0 unspecified atom stereocenters. The van der Waals surface area contributed by atoms with Crippen molar-refractivity contribution in [1.29, 1.82) is 0 Å². The average Bonchev–Trinajstić information content (AvgIpc) is 2.73. The molecule has 0 saturated heterocycles. The van der Waals surface area contributed by atoms with Gasteiger partial charge >= 0.3 is 0 Å². The molecule has 1 aromatic carbocycles. The van der Waals surface area contributed by atoms with Crippen molar-refractivity contribution in [1.82, 2.24) is 5.32 Å². The monoisotopic (exact) mass is 310 g/mol. The molecular weight excluding hydrogens is 284 g/mol. The van der Waals surface area contributed by atoms with Crippen LogP contribution in [0.5, 0.6) is 0 Å². The Hall–Kier alpha value is -1.06. The first-order valence-electron chi connectivity index (χ1n) is 7.64. The van der Waals surface area contributed by atoms with E-state index in [1.807, 2.05) is 0 Å². The van der Waals surface area contributed by atoms with Crippen LogP contribution in [0.4, 0.5) is 0 Å². The predicted octanol–water partition coefficient (Wildman–Crippen LogP) is 2.90. The third kappa shape index (κ3) is 5.68. The van der Waals surface area contributed by atoms with E-state index in [-0.39, 0.29) is 24.4 Å². The first-order chi connectivity index (χ1) is 9.54. The van der Waals surface area contributed by atoms with Crippen molar-refractivity contribution in [3.63, 3.8) is 0 Å². The number of benzene rings is 1. The molecule has 0 aromatic heterocycles. The van der Waals surface area contributed by atoms with Crippen molar-refractivity contribution < 1.29 is 4.79 Å². The second-order valence-electron chi connectivity index (χ2n) is 6.15. The fourth-order valence-electron chi connectivity index (χ4n) is 3.19. The molecule has 21 heavy (non-hydrogen) atoms. The van der Waals surface area contributed by atoms with E-state index in [1.54, 1.807) is 0 Å². The number of hydrogen-bond donors (Lipinski definition) is 2. The molecule has 1 fully saturated rings. The molecule has 118 valence electrons. The molecule has 0 spiro atoms. The maximum absolute atomic E-state index is 11.9. The molecule has 2 atom stereocenters. The summed E-state index contributed by atoms with van der Waals surface area (Å²) in [7, 11) is 0. The van der Waals surface area contributed by atoms with Gasteiger partial charge in [0.2, 0.25) is 5.91 Å². The summed E-state index contributed by atoms with van der Waals surface area (Å²) in [6, 6.07) is 6.77. The highest BCUT2D eigenvalue weighted by Crippen LogP contribution is 2.26. The van der Waals surface area contributed by atoms with Crippen LogP contribution < -0.4 is 11.1 Å². The highest BCUT2D eigenvalue weighted by Gasteiger charge is 2.25. The van der Waals surface area contributed by atoms with E-state index >= 15 is 0 Å². The second-order valence-corrected chi connectivity index (χ2v) is 6.15. The van der Waals surface area contributed by atoms with Gasteiger partial charge in [-0.1, -0.05) is 35.7 Å². The van der Waals surface area contributed by atoms with E-state index in [0.29, 0.717) is 18.9 Å². The van der Waals surface area contributed by atoms with Crippen LogP contribution in [-0.4, -0.2) is 18.5 Å². The lowest BCUT2D eigenvalue weighted by molar-refractivity contribution is -0.122. The Kier molecular flexibility index (Phi) is 7.20. The van der Waals surface area contributed by atoms with E-state index in [9.17, 15) is 4.79 Å². The van der Waals surface area contributed by atoms with Gasteiger partial charge in [0.15, 0.2) is 0 Å². The van der Waals surface area contributed by atoms with Gasteiger partial charge in [-0.25, -0.2) is 0 Å². The summed E-state index contributed by atoms with van der Waals surface area (Å²) in [5, 5.41) is 3.02. The highest BCUT2D eigenvalue weighted by molar-refractivity contribution is 5.85. The largest absolute Gasteiger partial charge is 0.356 e. The summed E-state index contributed by atoms with van der Waals surface area (Å²) >= 11 is 0. The maximum Gasteiger partial charge on any atom is 0.220 e. The molecule has 0 aliphatic heterocycles. The van der Waals surface area contributed by atoms with Gasteiger partial charge in [0.25, 0.3) is 0 Å². The summed E-state index contributed by atoms with van der Waals surface area (Å²) < 4.78 is 0. The third-order valence-corrected chi connectivity index (χ3v) is 4.18. The SMILES string of the molecule is Cc1cc(C)cc(CCNC(=O)C[C@@H]2CCC[C@H]2N)c1.Cl. The number of amides is 1. The Bertz CT molecular complexity index is 456. The third-order valence-electron chi connectivity index (χ3n) is 4.18. The fraction of sp³-hybridized carbons (Fsp3) is 0.588. The maximum atomic E-state index is 11.9. The highest BCUT2D eigenvalue weighted by atomic mass is 35.5. The van der Waals surface area contributed by atoms with Crippen molar-refractivity contribution >= 4 is 18.3 Å². The Morgan fingerprint density at radius 2 is 1.90 bits per heavy atom. The van der Waals surface area contributed by atoms with Crippen molar-refractivity contribution in [2.75, 3.05) is 6.54 Å². The van der Waals surface area contributed by atoms with Gasteiger partial charge in [0.1, 0.15) is 0 Å². The van der Waals surface area contributed by atoms with Crippen molar-refractivity contribution in [3.05, 3.63) is 34.9 Å². The standard InChI is InChI=1S/C17H26N2O.ClH/c1-12-8-13(2)10-14(9-12)6-7-19-17(20)11-15-4-3-5-16(15)18;/h8-10,15-16H,3-7,11,18H2,1-2H3,(H,19,20);1H/t15-,16+;/m0./s1. The minimum absolute atomic E-state index is 0. The lowest BCUT2D eigenvalue weighted by Gasteiger charge is -2.14. The molecule has 0 heterocycles. The van der Waals surface area contributed by atoms with Crippen LogP contribution in [0.15, 0.2) is 18.2 Å². The van der Waals surface area contributed by atoms with Crippen LogP contribution >= 0.6 is 12.4 Å². The quantitative estimate of drug-likeness (QED) is 0.878. The van der Waals surface area contributed by atoms with Crippen LogP contribution in [0.1, 0.15) is 42.4 Å². The Balaban J connectivity index is 0.00000220. The van der Waals surface area contributed by atoms with E-state index in [1.165, 1.54) is 23.1 Å². The van der Waals surface area contributed by atoms with E-state index < -0.39 is 0 Å². The molecule has 3 nitrogen and oxygen atoms in total. The molecule has 1 amide bonds. The molecule has 2 rings (SSSR count). The zero-order chi connectivity index (χ0) is 14.5. The fourth-order valence-corrected chi connectivity index (χ4v) is 3.19. The van der Waals surface area contributed by atoms with Crippen molar-refractivity contribution in [2.24, 2.45) is 11.7 Å². The number of carbonyl (C=O) groups excluding carboxylic acids is 1. The summed E-state index contributed by atoms with van der Waals surface area (Å²) in [5.74, 6) is 0.535. The van der Waals surface area contributed by atoms with Gasteiger partial charge in [0, 0.05) is 19.0 Å². The number of rotatable bonds is 5. The minimum atomic E-state index is 0. The summed E-state index contributed by atoms with van der Waals surface area (Å²) in [5.41, 5.74) is 9.85. The number of carbonyl (C=O) groups is 1. The van der Waals surface area contributed by atoms with E-state index in [2.05, 4.69) is 37.4 Å². The van der Waals surface area contributed by atoms with Crippen LogP contribution in [0.2, 0.25) is 0 Å². The topological polar surface area (TPSA) is 55.1 Å². The van der Waals surface area contributed by atoms with Gasteiger partial charge in [-0.3, -0.25) is 4.79 Å². The minimum Gasteiger partial charge on any atom is -0.356 e. The molecule has 0 bridgehead atoms. The second kappa shape index (κ2) is 8.40. The number of nitrogens with one attached hydrogen (secondary N) is 1. The molecular formula is C17H27ClN2O. The van der Waals surface area contributed by atoms with Gasteiger partial charge < -0.3 is 11.1 Å². The zero-order valence-electron chi connectivity index (χ0n) is 13.0. The Morgan fingerprint density at radius 3 is 2.48 bits per heavy atom. The lowest BCUT2D eigenvalue weighted by Crippen LogP contribution is -2.32. The van der Waals surface area contributed by atoms with Crippen LogP contribution in [0.3, 0.4) is 0 Å². The van der Waals surface area contributed by atoms with E-state index in [0.717, 1.165) is 19.3 Å². The van der Waals surface area contributed by atoms with Crippen LogP contribution in [-0.2, 0) is 11.2 Å². The van der Waals surface area contributed by atoms with Crippen molar-refractivity contribution in [3.8, 4) is 0 Å². The summed E-state index contributed by atoms with van der Waals surface area (Å²) in [6.45, 7) is 4.93. The first-order valence-corrected chi connectivity index (χ1v) is 7.64. The Morgan fingerprint density at radius 1 is 1.24 bits per heavy atom. The van der Waals surface area contributed by atoms with Crippen LogP contribution in [0, 0.1) is 19.8 Å². The molecule has 1 aliphatic rings. The predicted molar refractivity (Wildman–Crippen MR) is 89.8 cm³/mol. The first kappa shape index (κ1) is 18.0. The number of aryl methyl sites for hydroxylation is 2. The van der Waals surface area contributed by atoms with E-state index in [4.69, 9.17) is 5.73 Å². The molecule has 1 saturated carbocycles. The van der Waals surface area contributed by atoms with Crippen molar-refractivity contribution in [2.45, 2.75) is 52.0 Å². The zero-order valence-corrected chi connectivity index (χ0v) is 13.8. The summed E-state index contributed by atoms with van der Waals surface area (Å²) in [6.07, 6.45) is 4.83. The molecule has 4 heteroatoms. The molecule has 0 radical (unpaired) electrons. The molecule has 3 N–H and O–H groups in total. The van der Waals surface area contributed by atoms with Gasteiger partial charge in [-0.2, -0.15) is 0 Å².